The fourth-order valence-corrected chi connectivity index (χ4v) is 4.12. The fourth-order valence-electron chi connectivity index (χ4n) is 4.12. The Morgan fingerprint density at radius 3 is 2.45 bits per heavy atom. The molecule has 31 heavy (non-hydrogen) atoms. The summed E-state index contributed by atoms with van der Waals surface area (Å²) in [7, 11) is 5.12. The molecule has 0 amide bonds. The van der Waals surface area contributed by atoms with Gasteiger partial charge >= 0.3 is 0 Å². The molecule has 0 saturated carbocycles. The minimum atomic E-state index is 0. The highest BCUT2D eigenvalue weighted by atomic mass is 127. The molecule has 1 fully saturated rings. The van der Waals surface area contributed by atoms with E-state index in [-0.39, 0.29) is 29.4 Å². The molecule has 2 aromatic carbocycles. The van der Waals surface area contributed by atoms with Crippen molar-refractivity contribution in [2.24, 2.45) is 4.99 Å². The topological polar surface area (TPSA) is 64.1 Å². The smallest absolute Gasteiger partial charge is 0.191 e. The Labute approximate surface area is 202 Å². The minimum absolute atomic E-state index is 0. The summed E-state index contributed by atoms with van der Waals surface area (Å²) in [5.41, 5.74) is 3.81. The van der Waals surface area contributed by atoms with Crippen LogP contribution in [-0.2, 0) is 16.7 Å². The van der Waals surface area contributed by atoms with Crippen LogP contribution in [-0.4, -0.2) is 47.0 Å². The van der Waals surface area contributed by atoms with E-state index in [1.165, 1.54) is 11.1 Å². The third-order valence-electron chi connectivity index (χ3n) is 5.92. The lowest BCUT2D eigenvalue weighted by Crippen LogP contribution is -2.48. The molecule has 0 aliphatic carbocycles. The first kappa shape index (κ1) is 25.3. The largest absolute Gasteiger partial charge is 0.497 e. The van der Waals surface area contributed by atoms with Crippen molar-refractivity contribution in [3.05, 3.63) is 59.2 Å². The van der Waals surface area contributed by atoms with Gasteiger partial charge in [0.2, 0.25) is 0 Å². The molecule has 1 saturated heterocycles. The van der Waals surface area contributed by atoms with Crippen LogP contribution in [0.15, 0.2) is 47.5 Å². The Morgan fingerprint density at radius 1 is 1.06 bits per heavy atom. The Bertz CT molecular complexity index is 867. The first-order valence-electron chi connectivity index (χ1n) is 10.4. The fraction of sp³-hybridized carbons (Fsp3) is 0.458. The number of aliphatic imine (C=N–C) groups is 1. The number of hydrogen-bond acceptors (Lipinski definition) is 4. The Hall–Kier alpha value is -2.00. The number of rotatable bonds is 7. The Kier molecular flexibility index (Phi) is 9.90. The van der Waals surface area contributed by atoms with E-state index in [1.807, 2.05) is 18.2 Å². The molecular weight excluding hydrogens is 505 g/mol. The van der Waals surface area contributed by atoms with E-state index in [0.717, 1.165) is 55.6 Å². The summed E-state index contributed by atoms with van der Waals surface area (Å²) in [6.45, 7) is 5.17. The first-order valence-corrected chi connectivity index (χ1v) is 10.4. The van der Waals surface area contributed by atoms with Crippen molar-refractivity contribution in [2.45, 2.75) is 31.7 Å². The summed E-state index contributed by atoms with van der Waals surface area (Å²) in [4.78, 5) is 4.42. The maximum absolute atomic E-state index is 5.67. The van der Waals surface area contributed by atoms with Gasteiger partial charge in [-0.1, -0.05) is 24.3 Å². The standard InChI is InChI=1S/C24H33N3O3.HI/c1-18-7-5-6-8-21(18)24(11-13-30-14-12-24)17-27-23(25-2)26-16-19-9-10-20(28-3)15-22(19)29-4;/h5-10,15H,11-14,16-17H2,1-4H3,(H2,25,26,27);1H. The van der Waals surface area contributed by atoms with Crippen LogP contribution in [0.1, 0.15) is 29.5 Å². The summed E-state index contributed by atoms with van der Waals surface area (Å²) < 4.78 is 16.5. The van der Waals surface area contributed by atoms with E-state index in [0.29, 0.717) is 6.54 Å². The highest BCUT2D eigenvalue weighted by molar-refractivity contribution is 14.0. The first-order chi connectivity index (χ1) is 14.6. The van der Waals surface area contributed by atoms with Crippen LogP contribution < -0.4 is 20.1 Å². The van der Waals surface area contributed by atoms with Gasteiger partial charge in [-0.15, -0.1) is 24.0 Å². The molecule has 6 nitrogen and oxygen atoms in total. The minimum Gasteiger partial charge on any atom is -0.497 e. The molecule has 0 bridgehead atoms. The average molecular weight is 539 g/mol. The third-order valence-corrected chi connectivity index (χ3v) is 5.92. The molecule has 0 radical (unpaired) electrons. The zero-order valence-corrected chi connectivity index (χ0v) is 21.2. The van der Waals surface area contributed by atoms with Gasteiger partial charge in [-0.3, -0.25) is 4.99 Å². The summed E-state index contributed by atoms with van der Waals surface area (Å²) in [5.74, 6) is 2.34. The highest BCUT2D eigenvalue weighted by Gasteiger charge is 2.35. The van der Waals surface area contributed by atoms with Gasteiger partial charge in [0.25, 0.3) is 0 Å². The second kappa shape index (κ2) is 12.1. The summed E-state index contributed by atoms with van der Waals surface area (Å²) in [6.07, 6.45) is 1.99. The molecule has 0 aromatic heterocycles. The van der Waals surface area contributed by atoms with Crippen LogP contribution in [0.3, 0.4) is 0 Å². The zero-order chi connectivity index (χ0) is 21.4. The molecule has 7 heteroatoms. The predicted octanol–water partition coefficient (Wildman–Crippen LogP) is 4.04. The van der Waals surface area contributed by atoms with E-state index < -0.39 is 0 Å². The van der Waals surface area contributed by atoms with Crippen molar-refractivity contribution in [3.8, 4) is 11.5 Å². The maximum Gasteiger partial charge on any atom is 0.191 e. The van der Waals surface area contributed by atoms with Gasteiger partial charge in [-0.25, -0.2) is 0 Å². The van der Waals surface area contributed by atoms with E-state index in [2.05, 4.69) is 46.8 Å². The molecule has 2 aromatic rings. The zero-order valence-electron chi connectivity index (χ0n) is 18.9. The van der Waals surface area contributed by atoms with Gasteiger partial charge < -0.3 is 24.8 Å². The van der Waals surface area contributed by atoms with Crippen molar-refractivity contribution in [2.75, 3.05) is 41.0 Å². The lowest BCUT2D eigenvalue weighted by Gasteiger charge is -2.39. The van der Waals surface area contributed by atoms with Crippen molar-refractivity contribution in [1.82, 2.24) is 10.6 Å². The number of halogens is 1. The van der Waals surface area contributed by atoms with E-state index >= 15 is 0 Å². The highest BCUT2D eigenvalue weighted by Crippen LogP contribution is 2.36. The number of nitrogens with one attached hydrogen (secondary N) is 2. The molecule has 2 N–H and O–H groups in total. The number of guanidine groups is 1. The summed E-state index contributed by atoms with van der Waals surface area (Å²) >= 11 is 0. The summed E-state index contributed by atoms with van der Waals surface area (Å²) in [6, 6.07) is 14.5. The second-order valence-electron chi connectivity index (χ2n) is 7.66. The van der Waals surface area contributed by atoms with Gasteiger partial charge in [0.15, 0.2) is 5.96 Å². The predicted molar refractivity (Wildman–Crippen MR) is 136 cm³/mol. The molecule has 0 atom stereocenters. The molecular formula is C24H34IN3O3. The number of ether oxygens (including phenoxy) is 3. The molecule has 1 aliphatic rings. The van der Waals surface area contributed by atoms with Gasteiger partial charge in [0, 0.05) is 50.4 Å². The molecule has 0 spiro atoms. The molecule has 1 heterocycles. The molecule has 1 aliphatic heterocycles. The van der Waals surface area contributed by atoms with Crippen molar-refractivity contribution < 1.29 is 14.2 Å². The number of aryl methyl sites for hydroxylation is 1. The van der Waals surface area contributed by atoms with Gasteiger partial charge in [0.1, 0.15) is 11.5 Å². The van der Waals surface area contributed by atoms with Crippen LogP contribution in [0.25, 0.3) is 0 Å². The summed E-state index contributed by atoms with van der Waals surface area (Å²) in [5, 5.41) is 6.96. The monoisotopic (exact) mass is 539 g/mol. The lowest BCUT2D eigenvalue weighted by molar-refractivity contribution is 0.0512. The van der Waals surface area contributed by atoms with Crippen LogP contribution >= 0.6 is 24.0 Å². The van der Waals surface area contributed by atoms with Crippen molar-refractivity contribution in [3.63, 3.8) is 0 Å². The average Bonchev–Trinajstić information content (AvgIpc) is 2.80. The SMILES string of the molecule is CN=C(NCc1ccc(OC)cc1OC)NCC1(c2ccccc2C)CCOCC1.I. The third kappa shape index (κ3) is 6.26. The number of methoxy groups -OCH3 is 2. The van der Waals surface area contributed by atoms with E-state index in [4.69, 9.17) is 14.2 Å². The number of hydrogen-bond donors (Lipinski definition) is 2. The Morgan fingerprint density at radius 2 is 1.81 bits per heavy atom. The van der Waals surface area contributed by atoms with Gasteiger partial charge in [-0.2, -0.15) is 0 Å². The van der Waals surface area contributed by atoms with Crippen LogP contribution in [0.5, 0.6) is 11.5 Å². The van der Waals surface area contributed by atoms with Crippen LogP contribution in [0, 0.1) is 6.92 Å². The molecule has 3 rings (SSSR count). The molecule has 170 valence electrons. The number of nitrogens with zero attached hydrogens (tertiary/aromatic N) is 1. The normalized spacial score (nSPS) is 15.5. The number of benzene rings is 2. The van der Waals surface area contributed by atoms with E-state index in [1.54, 1.807) is 21.3 Å². The van der Waals surface area contributed by atoms with Gasteiger partial charge in [0.05, 0.1) is 14.2 Å². The van der Waals surface area contributed by atoms with E-state index in [9.17, 15) is 0 Å². The van der Waals surface area contributed by atoms with Crippen molar-refractivity contribution in [1.29, 1.82) is 0 Å². The lowest BCUT2D eigenvalue weighted by atomic mass is 9.72. The van der Waals surface area contributed by atoms with Crippen LogP contribution in [0.2, 0.25) is 0 Å². The molecule has 0 unspecified atom stereocenters. The van der Waals surface area contributed by atoms with Crippen LogP contribution in [0.4, 0.5) is 0 Å². The maximum atomic E-state index is 5.67. The Balaban J connectivity index is 0.00000341. The quantitative estimate of drug-likeness (QED) is 0.316. The second-order valence-corrected chi connectivity index (χ2v) is 7.66. The van der Waals surface area contributed by atoms with Gasteiger partial charge in [-0.05, 0) is 43.0 Å². The van der Waals surface area contributed by atoms with Crippen molar-refractivity contribution >= 4 is 29.9 Å².